The molecule has 11 heteroatoms. The number of carbonyl (C=O) groups is 1. The summed E-state index contributed by atoms with van der Waals surface area (Å²) in [5.74, 6) is 0.818. The molecule has 1 amide bonds. The summed E-state index contributed by atoms with van der Waals surface area (Å²) in [5.41, 5.74) is 2.39. The number of hydrogen-bond acceptors (Lipinski definition) is 8. The minimum atomic E-state index is -0.0140. The van der Waals surface area contributed by atoms with Crippen LogP contribution in [0.2, 0.25) is 10.0 Å². The van der Waals surface area contributed by atoms with Gasteiger partial charge in [0.25, 0.3) is 5.91 Å². The number of anilines is 2. The molecular formula is C27H36Cl2N6O3. The molecule has 1 N–H and O–H groups in total. The number of amides is 1. The van der Waals surface area contributed by atoms with Crippen molar-refractivity contribution >= 4 is 40.6 Å². The van der Waals surface area contributed by atoms with E-state index in [1.165, 1.54) is 6.33 Å². The van der Waals surface area contributed by atoms with Gasteiger partial charge in [-0.25, -0.2) is 9.97 Å². The standard InChI is InChI=1S/C27H36Cl2N6O3/c1-18-25(27(36)35-8-5-19(6-9-35)32-23-7-14-38-16-24(23)37-2)30-17-31-26(18)34-12-10-33(11-13-34)20-3-4-21(28)22(29)15-20/h3-4,15,17,19,23-24,32H,5-14,16H2,1-2H3. The predicted octanol–water partition coefficient (Wildman–Crippen LogP) is 3.42. The van der Waals surface area contributed by atoms with E-state index in [1.54, 1.807) is 7.11 Å². The quantitative estimate of drug-likeness (QED) is 0.573. The molecule has 0 aliphatic carbocycles. The molecule has 2 unspecified atom stereocenters. The van der Waals surface area contributed by atoms with Crippen LogP contribution in [0.15, 0.2) is 24.5 Å². The first-order valence-corrected chi connectivity index (χ1v) is 14.1. The molecule has 3 aliphatic heterocycles. The Hall–Kier alpha value is -2.17. The molecule has 4 heterocycles. The van der Waals surface area contributed by atoms with E-state index in [1.807, 2.05) is 30.0 Å². The van der Waals surface area contributed by atoms with Crippen LogP contribution in [-0.2, 0) is 9.47 Å². The fourth-order valence-corrected chi connectivity index (χ4v) is 5.96. The normalized spacial score (nSPS) is 23.1. The Morgan fingerprint density at radius 3 is 2.47 bits per heavy atom. The van der Waals surface area contributed by atoms with Crippen LogP contribution in [0, 0.1) is 6.92 Å². The highest BCUT2D eigenvalue weighted by Crippen LogP contribution is 2.29. The smallest absolute Gasteiger partial charge is 0.272 e. The highest BCUT2D eigenvalue weighted by molar-refractivity contribution is 6.42. The largest absolute Gasteiger partial charge is 0.379 e. The monoisotopic (exact) mass is 562 g/mol. The highest BCUT2D eigenvalue weighted by Gasteiger charge is 2.31. The van der Waals surface area contributed by atoms with Crippen molar-refractivity contribution in [3.05, 3.63) is 45.8 Å². The molecule has 0 spiro atoms. The predicted molar refractivity (Wildman–Crippen MR) is 150 cm³/mol. The topological polar surface area (TPSA) is 83.1 Å². The zero-order valence-corrected chi connectivity index (χ0v) is 23.5. The molecule has 2 aromatic rings. The molecule has 0 bridgehead atoms. The maximum absolute atomic E-state index is 13.5. The number of likely N-dealkylation sites (tertiary alicyclic amines) is 1. The maximum atomic E-state index is 13.5. The van der Waals surface area contributed by atoms with Crippen LogP contribution in [0.3, 0.4) is 0 Å². The lowest BCUT2D eigenvalue weighted by atomic mass is 9.99. The zero-order valence-electron chi connectivity index (χ0n) is 22.0. The van der Waals surface area contributed by atoms with E-state index in [0.717, 1.165) is 69.1 Å². The SMILES string of the molecule is COC1COCCC1NC1CCN(C(=O)c2ncnc(N3CCN(c4ccc(Cl)c(Cl)c4)CC3)c2C)CC1. The number of benzene rings is 1. The average Bonchev–Trinajstić information content (AvgIpc) is 2.95. The minimum Gasteiger partial charge on any atom is -0.379 e. The van der Waals surface area contributed by atoms with Crippen LogP contribution in [0.1, 0.15) is 35.3 Å². The van der Waals surface area contributed by atoms with Gasteiger partial charge in [0.2, 0.25) is 0 Å². The van der Waals surface area contributed by atoms with E-state index in [9.17, 15) is 4.79 Å². The lowest BCUT2D eigenvalue weighted by Crippen LogP contribution is -2.54. The first-order valence-electron chi connectivity index (χ1n) is 13.4. The van der Waals surface area contributed by atoms with Gasteiger partial charge < -0.3 is 29.5 Å². The number of ether oxygens (including phenoxy) is 2. The summed E-state index contributed by atoms with van der Waals surface area (Å²) in [7, 11) is 1.74. The Morgan fingerprint density at radius 1 is 1.03 bits per heavy atom. The summed E-state index contributed by atoms with van der Waals surface area (Å²) in [5, 5.41) is 4.87. The Labute approximate surface area is 234 Å². The molecule has 3 aliphatic rings. The van der Waals surface area contributed by atoms with Crippen molar-refractivity contribution in [3.63, 3.8) is 0 Å². The average molecular weight is 564 g/mol. The van der Waals surface area contributed by atoms with Crippen LogP contribution >= 0.6 is 23.2 Å². The van der Waals surface area contributed by atoms with Crippen molar-refractivity contribution in [1.82, 2.24) is 20.2 Å². The molecule has 1 aromatic heterocycles. The van der Waals surface area contributed by atoms with Gasteiger partial charge in [-0.05, 0) is 44.4 Å². The van der Waals surface area contributed by atoms with Gasteiger partial charge in [-0.15, -0.1) is 0 Å². The number of nitrogens with one attached hydrogen (secondary N) is 1. The number of rotatable bonds is 6. The molecule has 2 atom stereocenters. The van der Waals surface area contributed by atoms with Crippen LogP contribution in [-0.4, -0.2) is 98.6 Å². The van der Waals surface area contributed by atoms with Crippen molar-refractivity contribution in [3.8, 4) is 0 Å². The summed E-state index contributed by atoms with van der Waals surface area (Å²) in [4.78, 5) is 28.9. The van der Waals surface area contributed by atoms with Crippen molar-refractivity contribution < 1.29 is 14.3 Å². The lowest BCUT2D eigenvalue weighted by molar-refractivity contribution is -0.0533. The van der Waals surface area contributed by atoms with E-state index in [-0.39, 0.29) is 12.0 Å². The van der Waals surface area contributed by atoms with Crippen molar-refractivity contribution in [2.45, 2.75) is 44.4 Å². The number of nitrogens with zero attached hydrogens (tertiary/aromatic N) is 5. The van der Waals surface area contributed by atoms with Gasteiger partial charge in [0.15, 0.2) is 0 Å². The first-order chi connectivity index (χ1) is 18.4. The fraction of sp³-hybridized carbons (Fsp3) is 0.593. The number of aromatic nitrogens is 2. The first kappa shape index (κ1) is 27.4. The molecule has 38 heavy (non-hydrogen) atoms. The van der Waals surface area contributed by atoms with Crippen LogP contribution in [0.5, 0.6) is 0 Å². The third-order valence-electron chi connectivity index (χ3n) is 7.95. The van der Waals surface area contributed by atoms with E-state index in [2.05, 4.69) is 25.1 Å². The summed E-state index contributed by atoms with van der Waals surface area (Å²) in [6.07, 6.45) is 4.37. The van der Waals surface area contributed by atoms with Gasteiger partial charge in [0.05, 0.1) is 22.8 Å². The Morgan fingerprint density at radius 2 is 1.76 bits per heavy atom. The zero-order chi connectivity index (χ0) is 26.6. The Kier molecular flexibility index (Phi) is 8.90. The Balaban J connectivity index is 1.17. The van der Waals surface area contributed by atoms with Gasteiger partial charge in [-0.2, -0.15) is 0 Å². The fourth-order valence-electron chi connectivity index (χ4n) is 5.67. The van der Waals surface area contributed by atoms with E-state index >= 15 is 0 Å². The third kappa shape index (κ3) is 6.02. The van der Waals surface area contributed by atoms with Gasteiger partial charge >= 0.3 is 0 Å². The minimum absolute atomic E-state index is 0.0140. The van der Waals surface area contributed by atoms with Crippen molar-refractivity contribution in [2.24, 2.45) is 0 Å². The number of hydrogen-bond donors (Lipinski definition) is 1. The Bertz CT molecular complexity index is 1120. The molecule has 9 nitrogen and oxygen atoms in total. The molecule has 3 fully saturated rings. The summed E-state index contributed by atoms with van der Waals surface area (Å²) < 4.78 is 11.1. The van der Waals surface area contributed by atoms with Gasteiger partial charge in [-0.1, -0.05) is 23.2 Å². The van der Waals surface area contributed by atoms with Gasteiger partial charge in [0.1, 0.15) is 17.8 Å². The molecule has 0 saturated carbocycles. The molecule has 5 rings (SSSR count). The van der Waals surface area contributed by atoms with Crippen LogP contribution < -0.4 is 15.1 Å². The molecule has 206 valence electrons. The number of piperidine rings is 1. The second-order valence-corrected chi connectivity index (χ2v) is 11.0. The maximum Gasteiger partial charge on any atom is 0.272 e. The van der Waals surface area contributed by atoms with E-state index in [0.29, 0.717) is 47.5 Å². The van der Waals surface area contributed by atoms with Crippen LogP contribution in [0.25, 0.3) is 0 Å². The third-order valence-corrected chi connectivity index (χ3v) is 8.69. The lowest BCUT2D eigenvalue weighted by Gasteiger charge is -2.38. The second kappa shape index (κ2) is 12.3. The summed E-state index contributed by atoms with van der Waals surface area (Å²) >= 11 is 12.3. The number of carbonyl (C=O) groups excluding carboxylic acids is 1. The number of piperazine rings is 1. The van der Waals surface area contributed by atoms with E-state index in [4.69, 9.17) is 32.7 Å². The molecule has 3 saturated heterocycles. The van der Waals surface area contributed by atoms with Crippen molar-refractivity contribution in [2.75, 3.05) is 69.4 Å². The van der Waals surface area contributed by atoms with Gasteiger partial charge in [-0.3, -0.25) is 4.79 Å². The highest BCUT2D eigenvalue weighted by atomic mass is 35.5. The summed E-state index contributed by atoms with van der Waals surface area (Å²) in [6.45, 7) is 7.98. The number of halogens is 2. The van der Waals surface area contributed by atoms with Crippen LogP contribution in [0.4, 0.5) is 11.5 Å². The molecular weight excluding hydrogens is 527 g/mol. The summed E-state index contributed by atoms with van der Waals surface area (Å²) in [6, 6.07) is 6.40. The molecule has 0 radical (unpaired) electrons. The van der Waals surface area contributed by atoms with Gasteiger partial charge in [0, 0.05) is 76.3 Å². The second-order valence-electron chi connectivity index (χ2n) is 10.2. The molecule has 1 aromatic carbocycles. The number of methoxy groups -OCH3 is 1. The van der Waals surface area contributed by atoms with E-state index < -0.39 is 0 Å². The van der Waals surface area contributed by atoms with Crippen molar-refractivity contribution in [1.29, 1.82) is 0 Å².